The van der Waals surface area contributed by atoms with Crippen molar-refractivity contribution in [3.63, 3.8) is 0 Å². The molecule has 6 heteroatoms. The first-order valence-electron chi connectivity index (χ1n) is 8.49. The fourth-order valence-electron chi connectivity index (χ4n) is 2.72. The molecule has 1 saturated heterocycles. The molecule has 1 fully saturated rings. The minimum atomic E-state index is -0.492. The maximum atomic E-state index is 12.3. The van der Waals surface area contributed by atoms with Crippen molar-refractivity contribution < 1.29 is 14.3 Å². The monoisotopic (exact) mass is 333 g/mol. The first-order chi connectivity index (χ1) is 11.5. The van der Waals surface area contributed by atoms with Crippen LogP contribution >= 0.6 is 0 Å². The molecule has 2 atom stereocenters. The van der Waals surface area contributed by atoms with E-state index < -0.39 is 12.1 Å². The zero-order valence-electron chi connectivity index (χ0n) is 14.4. The summed E-state index contributed by atoms with van der Waals surface area (Å²) in [6.07, 6.45) is 1.23. The molecule has 1 aliphatic rings. The van der Waals surface area contributed by atoms with Crippen LogP contribution in [0.5, 0.6) is 0 Å². The van der Waals surface area contributed by atoms with E-state index >= 15 is 0 Å². The lowest BCUT2D eigenvalue weighted by Crippen LogP contribution is -2.54. The highest BCUT2D eigenvalue weighted by Gasteiger charge is 2.29. The highest BCUT2D eigenvalue weighted by atomic mass is 16.5. The van der Waals surface area contributed by atoms with Gasteiger partial charge in [0.1, 0.15) is 6.61 Å². The number of piperidine rings is 1. The predicted octanol–water partition coefficient (Wildman–Crippen LogP) is 1.89. The normalized spacial score (nSPS) is 19.0. The van der Waals surface area contributed by atoms with E-state index in [2.05, 4.69) is 5.32 Å². The van der Waals surface area contributed by atoms with Crippen LogP contribution in [0.2, 0.25) is 0 Å². The Morgan fingerprint density at radius 1 is 1.33 bits per heavy atom. The molecule has 0 radical (unpaired) electrons. The third kappa shape index (κ3) is 5.23. The lowest BCUT2D eigenvalue weighted by atomic mass is 10.0. The molecular weight excluding hydrogens is 306 g/mol. The van der Waals surface area contributed by atoms with E-state index in [0.29, 0.717) is 13.1 Å². The van der Waals surface area contributed by atoms with Crippen LogP contribution in [0, 0.1) is 5.92 Å². The molecule has 6 nitrogen and oxygen atoms in total. The SMILES string of the molecule is CC(C)[C@H](N)C(=O)N1CCC[C@@H](NC(=O)OCc2ccccc2)C1. The van der Waals surface area contributed by atoms with Crippen molar-refractivity contribution in [2.45, 2.75) is 45.4 Å². The maximum Gasteiger partial charge on any atom is 0.407 e. The van der Waals surface area contributed by atoms with Gasteiger partial charge in [0.05, 0.1) is 6.04 Å². The van der Waals surface area contributed by atoms with Crippen molar-refractivity contribution >= 4 is 12.0 Å². The van der Waals surface area contributed by atoms with Crippen molar-refractivity contribution in [3.8, 4) is 0 Å². The second-order valence-electron chi connectivity index (χ2n) is 6.60. The van der Waals surface area contributed by atoms with Crippen LogP contribution in [0.25, 0.3) is 0 Å². The number of nitrogens with zero attached hydrogens (tertiary/aromatic N) is 1. The highest BCUT2D eigenvalue weighted by Crippen LogP contribution is 2.13. The Balaban J connectivity index is 1.79. The molecule has 0 aromatic heterocycles. The Morgan fingerprint density at radius 3 is 2.71 bits per heavy atom. The van der Waals surface area contributed by atoms with Crippen LogP contribution in [-0.4, -0.2) is 42.1 Å². The fraction of sp³-hybridized carbons (Fsp3) is 0.556. The van der Waals surface area contributed by atoms with Crippen molar-refractivity contribution in [1.82, 2.24) is 10.2 Å². The number of amides is 2. The standard InChI is InChI=1S/C18H27N3O3/c1-13(2)16(19)17(22)21-10-6-9-15(11-21)20-18(23)24-12-14-7-4-3-5-8-14/h3-5,7-8,13,15-16H,6,9-12,19H2,1-2H3,(H,20,23)/t15-,16+/m1/s1. The van der Waals surface area contributed by atoms with Gasteiger partial charge in [-0.15, -0.1) is 0 Å². The van der Waals surface area contributed by atoms with E-state index in [1.54, 1.807) is 4.90 Å². The van der Waals surface area contributed by atoms with E-state index in [0.717, 1.165) is 18.4 Å². The van der Waals surface area contributed by atoms with Gasteiger partial charge in [-0.05, 0) is 24.3 Å². The van der Waals surface area contributed by atoms with Crippen LogP contribution in [0.15, 0.2) is 30.3 Å². The third-order valence-corrected chi connectivity index (χ3v) is 4.27. The van der Waals surface area contributed by atoms with E-state index in [-0.39, 0.29) is 24.5 Å². The summed E-state index contributed by atoms with van der Waals surface area (Å²) in [6, 6.07) is 8.94. The number of hydrogen-bond acceptors (Lipinski definition) is 4. The number of nitrogens with one attached hydrogen (secondary N) is 1. The summed E-state index contributed by atoms with van der Waals surface area (Å²) < 4.78 is 5.23. The van der Waals surface area contributed by atoms with Gasteiger partial charge in [-0.2, -0.15) is 0 Å². The summed E-state index contributed by atoms with van der Waals surface area (Å²) in [6.45, 7) is 5.28. The number of benzene rings is 1. The number of carbonyl (C=O) groups excluding carboxylic acids is 2. The second-order valence-corrected chi connectivity index (χ2v) is 6.60. The Bertz CT molecular complexity index is 548. The lowest BCUT2D eigenvalue weighted by molar-refractivity contribution is -0.134. The summed E-state index contributed by atoms with van der Waals surface area (Å²) in [5.41, 5.74) is 6.89. The largest absolute Gasteiger partial charge is 0.445 e. The molecule has 2 rings (SSSR count). The Morgan fingerprint density at radius 2 is 2.04 bits per heavy atom. The number of nitrogens with two attached hydrogens (primary N) is 1. The smallest absolute Gasteiger partial charge is 0.407 e. The molecule has 0 bridgehead atoms. The summed E-state index contributed by atoms with van der Waals surface area (Å²) in [7, 11) is 0. The molecule has 1 aromatic carbocycles. The molecule has 1 aliphatic heterocycles. The van der Waals surface area contributed by atoms with Crippen molar-refractivity contribution in [2.24, 2.45) is 11.7 Å². The molecule has 1 heterocycles. The third-order valence-electron chi connectivity index (χ3n) is 4.27. The molecule has 3 N–H and O–H groups in total. The number of hydrogen-bond donors (Lipinski definition) is 2. The molecule has 24 heavy (non-hydrogen) atoms. The van der Waals surface area contributed by atoms with Crippen molar-refractivity contribution in [1.29, 1.82) is 0 Å². The highest BCUT2D eigenvalue weighted by molar-refractivity contribution is 5.82. The van der Waals surface area contributed by atoms with Gasteiger partial charge in [-0.1, -0.05) is 44.2 Å². The second kappa shape index (κ2) is 8.68. The van der Waals surface area contributed by atoms with Crippen molar-refractivity contribution in [3.05, 3.63) is 35.9 Å². The quantitative estimate of drug-likeness (QED) is 0.862. The zero-order valence-corrected chi connectivity index (χ0v) is 14.4. The average molecular weight is 333 g/mol. The van der Waals surface area contributed by atoms with Gasteiger partial charge in [-0.3, -0.25) is 4.79 Å². The summed E-state index contributed by atoms with van der Waals surface area (Å²) in [5, 5.41) is 2.85. The van der Waals surface area contributed by atoms with Gasteiger partial charge < -0.3 is 20.7 Å². The molecule has 132 valence electrons. The number of carbonyl (C=O) groups is 2. The molecule has 0 saturated carbocycles. The first kappa shape index (κ1) is 18.3. The Hall–Kier alpha value is -2.08. The van der Waals surface area contributed by atoms with Crippen molar-refractivity contribution in [2.75, 3.05) is 13.1 Å². The van der Waals surface area contributed by atoms with Crippen LogP contribution in [0.1, 0.15) is 32.3 Å². The maximum absolute atomic E-state index is 12.3. The summed E-state index contributed by atoms with van der Waals surface area (Å²) >= 11 is 0. The number of likely N-dealkylation sites (tertiary alicyclic amines) is 1. The van der Waals surface area contributed by atoms with Gasteiger partial charge in [0.2, 0.25) is 5.91 Å². The van der Waals surface area contributed by atoms with Gasteiger partial charge in [0, 0.05) is 19.1 Å². The average Bonchev–Trinajstić information content (AvgIpc) is 2.59. The van der Waals surface area contributed by atoms with E-state index in [4.69, 9.17) is 10.5 Å². The van der Waals surface area contributed by atoms with Crippen LogP contribution in [0.4, 0.5) is 4.79 Å². The van der Waals surface area contributed by atoms with Gasteiger partial charge in [-0.25, -0.2) is 4.79 Å². The Kier molecular flexibility index (Phi) is 6.61. The van der Waals surface area contributed by atoms with Crippen LogP contribution < -0.4 is 11.1 Å². The number of rotatable bonds is 5. The van der Waals surface area contributed by atoms with E-state index in [1.165, 1.54) is 0 Å². The molecule has 0 spiro atoms. The van der Waals surface area contributed by atoms with Gasteiger partial charge >= 0.3 is 6.09 Å². The van der Waals surface area contributed by atoms with Gasteiger partial charge in [0.15, 0.2) is 0 Å². The van der Waals surface area contributed by atoms with E-state index in [9.17, 15) is 9.59 Å². The molecule has 0 aliphatic carbocycles. The van der Waals surface area contributed by atoms with Gasteiger partial charge in [0.25, 0.3) is 0 Å². The minimum Gasteiger partial charge on any atom is -0.445 e. The number of alkyl carbamates (subject to hydrolysis) is 1. The van der Waals surface area contributed by atoms with Crippen LogP contribution in [-0.2, 0) is 16.1 Å². The summed E-state index contributed by atoms with van der Waals surface area (Å²) in [4.78, 5) is 26.0. The molecule has 2 amide bonds. The Labute approximate surface area is 143 Å². The molecular formula is C18H27N3O3. The molecule has 0 unspecified atom stereocenters. The molecule has 1 aromatic rings. The minimum absolute atomic E-state index is 0.0471. The predicted molar refractivity (Wildman–Crippen MR) is 92.2 cm³/mol. The lowest BCUT2D eigenvalue weighted by Gasteiger charge is -2.35. The summed E-state index contributed by atoms with van der Waals surface area (Å²) in [5.74, 6) is 0.0517. The number of ether oxygens (including phenoxy) is 1. The topological polar surface area (TPSA) is 84.7 Å². The zero-order chi connectivity index (χ0) is 17.5. The fourth-order valence-corrected chi connectivity index (χ4v) is 2.72. The van der Waals surface area contributed by atoms with E-state index in [1.807, 2.05) is 44.2 Å². The first-order valence-corrected chi connectivity index (χ1v) is 8.49. The van der Waals surface area contributed by atoms with Crippen LogP contribution in [0.3, 0.4) is 0 Å².